The van der Waals surface area contributed by atoms with Gasteiger partial charge in [0.15, 0.2) is 0 Å². The van der Waals surface area contributed by atoms with Gasteiger partial charge in [-0.15, -0.1) is 0 Å². The van der Waals surface area contributed by atoms with E-state index in [-0.39, 0.29) is 19.0 Å². The molecule has 0 saturated carbocycles. The van der Waals surface area contributed by atoms with E-state index in [1.54, 1.807) is 6.07 Å². The van der Waals surface area contributed by atoms with Crippen LogP contribution in [0.15, 0.2) is 22.7 Å². The van der Waals surface area contributed by atoms with E-state index in [2.05, 4.69) is 26.6 Å². The lowest BCUT2D eigenvalue weighted by Crippen LogP contribution is -2.42. The van der Waals surface area contributed by atoms with Crippen molar-refractivity contribution < 1.29 is 14.4 Å². The van der Waals surface area contributed by atoms with Crippen molar-refractivity contribution in [3.05, 3.63) is 28.2 Å². The average molecular weight is 357 g/mol. The highest BCUT2D eigenvalue weighted by atomic mass is 79.9. The van der Waals surface area contributed by atoms with Gasteiger partial charge < -0.3 is 21.3 Å². The molecule has 0 atom stereocenters. The van der Waals surface area contributed by atoms with Crippen LogP contribution in [0.2, 0.25) is 0 Å². The highest BCUT2D eigenvalue weighted by molar-refractivity contribution is 9.10. The minimum absolute atomic E-state index is 0.180. The molecule has 0 fully saturated rings. The Bertz CT molecular complexity index is 562. The van der Waals surface area contributed by atoms with Crippen molar-refractivity contribution in [2.45, 2.75) is 6.92 Å². The summed E-state index contributed by atoms with van der Waals surface area (Å²) in [6.45, 7) is 1.49. The van der Waals surface area contributed by atoms with Crippen molar-refractivity contribution in [3.8, 4) is 0 Å². The fraction of sp³-hybridized carbons (Fsp3) is 0.308. The molecule has 4 N–H and O–H groups in total. The van der Waals surface area contributed by atoms with Crippen LogP contribution in [-0.2, 0) is 9.59 Å². The Morgan fingerprint density at radius 3 is 2.52 bits per heavy atom. The molecule has 1 aromatic rings. The number of hydrogen-bond acceptors (Lipinski definition) is 3. The summed E-state index contributed by atoms with van der Waals surface area (Å²) in [6.07, 6.45) is 0. The van der Waals surface area contributed by atoms with E-state index < -0.39 is 11.9 Å². The van der Waals surface area contributed by atoms with Crippen LogP contribution in [0.3, 0.4) is 0 Å². The normalized spacial score (nSPS) is 9.86. The molecule has 1 aromatic carbocycles. The van der Waals surface area contributed by atoms with Gasteiger partial charge in [-0.1, -0.05) is 15.9 Å². The highest BCUT2D eigenvalue weighted by Gasteiger charge is 2.11. The van der Waals surface area contributed by atoms with Crippen molar-refractivity contribution in [2.24, 2.45) is 5.73 Å². The van der Waals surface area contributed by atoms with E-state index in [0.29, 0.717) is 5.69 Å². The number of urea groups is 1. The summed E-state index contributed by atoms with van der Waals surface area (Å²) in [6, 6.07) is 4.74. The fourth-order valence-corrected chi connectivity index (χ4v) is 1.97. The third kappa shape index (κ3) is 5.82. The Balaban J connectivity index is 2.44. The van der Waals surface area contributed by atoms with Gasteiger partial charge in [-0.2, -0.15) is 0 Å². The zero-order valence-electron chi connectivity index (χ0n) is 11.8. The lowest BCUT2D eigenvalue weighted by atomic mass is 10.2. The number of nitrogens with one attached hydrogen (secondary N) is 2. The van der Waals surface area contributed by atoms with Gasteiger partial charge in [0.2, 0.25) is 11.8 Å². The van der Waals surface area contributed by atoms with Crippen LogP contribution >= 0.6 is 15.9 Å². The van der Waals surface area contributed by atoms with E-state index in [1.807, 2.05) is 19.1 Å². The van der Waals surface area contributed by atoms with Gasteiger partial charge in [-0.3, -0.25) is 9.59 Å². The maximum atomic E-state index is 11.7. The number of anilines is 1. The number of halogens is 1. The molecule has 7 nitrogen and oxygen atoms in total. The Labute approximate surface area is 131 Å². The summed E-state index contributed by atoms with van der Waals surface area (Å²) in [5.41, 5.74) is 6.57. The number of amides is 4. The maximum absolute atomic E-state index is 11.7. The second-order valence-corrected chi connectivity index (χ2v) is 5.39. The SMILES string of the molecule is Cc1cc(Br)ccc1NC(=O)CNC(=O)CN(C)C(N)=O. The molecular formula is C13H17BrN4O3. The molecule has 0 aliphatic carbocycles. The quantitative estimate of drug-likeness (QED) is 0.727. The second kappa shape index (κ2) is 7.63. The molecule has 0 heterocycles. The summed E-state index contributed by atoms with van der Waals surface area (Å²) in [5, 5.41) is 5.10. The number of aryl methyl sites for hydroxylation is 1. The van der Waals surface area contributed by atoms with Crippen molar-refractivity contribution in [2.75, 3.05) is 25.5 Å². The first kappa shape index (κ1) is 17.0. The lowest BCUT2D eigenvalue weighted by Gasteiger charge is -2.14. The predicted octanol–water partition coefficient (Wildman–Crippen LogP) is 0.823. The van der Waals surface area contributed by atoms with Gasteiger partial charge in [0, 0.05) is 17.2 Å². The van der Waals surface area contributed by atoms with Crippen LogP contribution in [0.5, 0.6) is 0 Å². The molecule has 0 saturated heterocycles. The van der Waals surface area contributed by atoms with E-state index in [1.165, 1.54) is 7.05 Å². The molecule has 4 amide bonds. The molecule has 8 heteroatoms. The number of nitrogens with zero attached hydrogens (tertiary/aromatic N) is 1. The van der Waals surface area contributed by atoms with Crippen molar-refractivity contribution in [1.82, 2.24) is 10.2 Å². The van der Waals surface area contributed by atoms with Gasteiger partial charge in [0.25, 0.3) is 0 Å². The Morgan fingerprint density at radius 2 is 1.95 bits per heavy atom. The number of benzene rings is 1. The second-order valence-electron chi connectivity index (χ2n) is 4.48. The van der Waals surface area contributed by atoms with Gasteiger partial charge in [-0.25, -0.2) is 4.79 Å². The molecule has 0 spiro atoms. The number of likely N-dealkylation sites (N-methyl/N-ethyl adjacent to an activating group) is 1. The molecule has 0 aliphatic heterocycles. The van der Waals surface area contributed by atoms with E-state index >= 15 is 0 Å². The largest absolute Gasteiger partial charge is 0.351 e. The van der Waals surface area contributed by atoms with Crippen LogP contribution in [0.4, 0.5) is 10.5 Å². The third-order valence-corrected chi connectivity index (χ3v) is 3.16. The van der Waals surface area contributed by atoms with E-state index in [0.717, 1.165) is 14.9 Å². The molecule has 114 valence electrons. The molecule has 0 unspecified atom stereocenters. The maximum Gasteiger partial charge on any atom is 0.314 e. The number of carbonyl (C=O) groups is 3. The van der Waals surface area contributed by atoms with Crippen molar-refractivity contribution >= 4 is 39.5 Å². The summed E-state index contributed by atoms with van der Waals surface area (Å²) in [7, 11) is 1.40. The summed E-state index contributed by atoms with van der Waals surface area (Å²) in [4.78, 5) is 35.0. The molecule has 0 bridgehead atoms. The molecule has 1 rings (SSSR count). The standard InChI is InChI=1S/C13H17BrN4O3/c1-8-5-9(14)3-4-10(8)17-11(19)6-16-12(20)7-18(2)13(15)21/h3-5H,6-7H2,1-2H3,(H2,15,21)(H,16,20)(H,17,19). The van der Waals surface area contributed by atoms with Crippen LogP contribution < -0.4 is 16.4 Å². The van der Waals surface area contributed by atoms with Crippen LogP contribution in [-0.4, -0.2) is 42.9 Å². The zero-order chi connectivity index (χ0) is 16.0. The summed E-state index contributed by atoms with van der Waals surface area (Å²) >= 11 is 3.33. The van der Waals surface area contributed by atoms with Crippen LogP contribution in [0, 0.1) is 6.92 Å². The van der Waals surface area contributed by atoms with Crippen molar-refractivity contribution in [3.63, 3.8) is 0 Å². The topological polar surface area (TPSA) is 105 Å². The first-order valence-corrected chi connectivity index (χ1v) is 6.92. The Kier molecular flexibility index (Phi) is 6.16. The number of primary amides is 1. The molecular weight excluding hydrogens is 340 g/mol. The Morgan fingerprint density at radius 1 is 1.29 bits per heavy atom. The van der Waals surface area contributed by atoms with Crippen LogP contribution in [0.25, 0.3) is 0 Å². The number of rotatable bonds is 5. The number of carbonyl (C=O) groups excluding carboxylic acids is 3. The molecule has 21 heavy (non-hydrogen) atoms. The first-order valence-electron chi connectivity index (χ1n) is 6.13. The summed E-state index contributed by atoms with van der Waals surface area (Å²) < 4.78 is 0.917. The third-order valence-electron chi connectivity index (χ3n) is 2.67. The lowest BCUT2D eigenvalue weighted by molar-refractivity contribution is -0.124. The molecule has 0 aliphatic rings. The number of nitrogens with two attached hydrogens (primary N) is 1. The minimum atomic E-state index is -0.708. The van der Waals surface area contributed by atoms with E-state index in [4.69, 9.17) is 5.73 Å². The van der Waals surface area contributed by atoms with Crippen molar-refractivity contribution in [1.29, 1.82) is 0 Å². The molecule has 0 aromatic heterocycles. The Hall–Kier alpha value is -2.09. The van der Waals surface area contributed by atoms with Gasteiger partial charge in [-0.05, 0) is 30.7 Å². The zero-order valence-corrected chi connectivity index (χ0v) is 13.4. The monoisotopic (exact) mass is 356 g/mol. The van der Waals surface area contributed by atoms with Gasteiger partial charge in [0.1, 0.15) is 6.54 Å². The smallest absolute Gasteiger partial charge is 0.314 e. The average Bonchev–Trinajstić information content (AvgIpc) is 2.39. The fourth-order valence-electron chi connectivity index (χ4n) is 1.49. The molecule has 0 radical (unpaired) electrons. The van der Waals surface area contributed by atoms with Gasteiger partial charge >= 0.3 is 6.03 Å². The number of hydrogen-bond donors (Lipinski definition) is 3. The van der Waals surface area contributed by atoms with Crippen LogP contribution in [0.1, 0.15) is 5.56 Å². The predicted molar refractivity (Wildman–Crippen MR) is 82.7 cm³/mol. The van der Waals surface area contributed by atoms with E-state index in [9.17, 15) is 14.4 Å². The first-order chi connectivity index (χ1) is 9.79. The highest BCUT2D eigenvalue weighted by Crippen LogP contribution is 2.19. The summed E-state index contributed by atoms with van der Waals surface area (Å²) in [5.74, 6) is -0.811. The van der Waals surface area contributed by atoms with Gasteiger partial charge in [0.05, 0.1) is 6.54 Å². The minimum Gasteiger partial charge on any atom is -0.351 e.